The first-order chi connectivity index (χ1) is 9.63. The summed E-state index contributed by atoms with van der Waals surface area (Å²) in [6, 6.07) is 5.24. The number of rotatable bonds is 5. The third kappa shape index (κ3) is 3.43. The van der Waals surface area contributed by atoms with E-state index in [1.165, 1.54) is 11.8 Å². The Bertz CT molecular complexity index is 617. The fourth-order valence-electron chi connectivity index (χ4n) is 1.50. The average Bonchev–Trinajstić information content (AvgIpc) is 2.93. The lowest BCUT2D eigenvalue weighted by Crippen LogP contribution is -2.19. The van der Waals surface area contributed by atoms with E-state index in [1.54, 1.807) is 32.4 Å². The Kier molecular flexibility index (Phi) is 4.86. The van der Waals surface area contributed by atoms with Crippen LogP contribution in [0.4, 0.5) is 0 Å². The quantitative estimate of drug-likeness (QED) is 0.825. The van der Waals surface area contributed by atoms with E-state index < -0.39 is 0 Å². The number of carbonyl (C=O) groups is 1. The van der Waals surface area contributed by atoms with Crippen molar-refractivity contribution >= 4 is 29.3 Å². The molecule has 0 atom stereocenters. The largest absolute Gasteiger partial charge is 0.496 e. The number of amides is 1. The van der Waals surface area contributed by atoms with Gasteiger partial charge in [-0.2, -0.15) is 0 Å². The molecule has 0 fully saturated rings. The summed E-state index contributed by atoms with van der Waals surface area (Å²) in [7, 11) is 3.16. The van der Waals surface area contributed by atoms with Gasteiger partial charge in [-0.3, -0.25) is 9.89 Å². The van der Waals surface area contributed by atoms with Crippen molar-refractivity contribution in [1.82, 2.24) is 20.5 Å². The molecule has 0 unspecified atom stereocenters. The fraction of sp³-hybridized carbons (Fsp3) is 0.250. The highest BCUT2D eigenvalue weighted by molar-refractivity contribution is 7.99. The predicted octanol–water partition coefficient (Wildman–Crippen LogP) is 1.97. The number of H-pyrrole nitrogens is 1. The molecule has 1 amide bonds. The van der Waals surface area contributed by atoms with Crippen LogP contribution in [0.3, 0.4) is 0 Å². The standard InChI is InChI=1S/C12H13ClN4O2S/c1-14-10(18)6-20-12-15-11(16-17-12)8-5-7(13)3-4-9(8)19-2/h3-5H,6H2,1-2H3,(H,14,18)(H,15,16,17). The lowest BCUT2D eigenvalue weighted by Gasteiger charge is -2.05. The van der Waals surface area contributed by atoms with E-state index in [4.69, 9.17) is 16.3 Å². The van der Waals surface area contributed by atoms with Gasteiger partial charge in [0, 0.05) is 12.1 Å². The summed E-state index contributed by atoms with van der Waals surface area (Å²) in [5.74, 6) is 1.37. The second kappa shape index (κ2) is 6.62. The molecule has 0 aliphatic rings. The van der Waals surface area contributed by atoms with Crippen LogP contribution in [-0.2, 0) is 4.79 Å². The van der Waals surface area contributed by atoms with Crippen molar-refractivity contribution in [3.8, 4) is 17.1 Å². The molecule has 1 aromatic carbocycles. The van der Waals surface area contributed by atoms with Crippen molar-refractivity contribution in [1.29, 1.82) is 0 Å². The van der Waals surface area contributed by atoms with Crippen LogP contribution in [0.5, 0.6) is 5.75 Å². The maximum Gasteiger partial charge on any atom is 0.230 e. The highest BCUT2D eigenvalue weighted by Crippen LogP contribution is 2.31. The Morgan fingerprint density at radius 1 is 1.55 bits per heavy atom. The highest BCUT2D eigenvalue weighted by atomic mass is 35.5. The topological polar surface area (TPSA) is 79.9 Å². The van der Waals surface area contributed by atoms with E-state index in [9.17, 15) is 4.79 Å². The van der Waals surface area contributed by atoms with Crippen LogP contribution in [0, 0.1) is 0 Å². The van der Waals surface area contributed by atoms with Crippen molar-refractivity contribution in [2.24, 2.45) is 0 Å². The molecule has 1 aromatic heterocycles. The predicted molar refractivity (Wildman–Crippen MR) is 78.2 cm³/mol. The summed E-state index contributed by atoms with van der Waals surface area (Å²) in [5.41, 5.74) is 0.722. The summed E-state index contributed by atoms with van der Waals surface area (Å²) in [6.07, 6.45) is 0. The Morgan fingerprint density at radius 3 is 3.05 bits per heavy atom. The number of hydrogen-bond acceptors (Lipinski definition) is 5. The van der Waals surface area contributed by atoms with Crippen LogP contribution in [0.1, 0.15) is 0 Å². The van der Waals surface area contributed by atoms with Gasteiger partial charge >= 0.3 is 0 Å². The minimum Gasteiger partial charge on any atom is -0.496 e. The first kappa shape index (κ1) is 14.7. The number of aromatic amines is 1. The molecule has 6 nitrogen and oxygen atoms in total. The molecule has 106 valence electrons. The zero-order valence-corrected chi connectivity index (χ0v) is 12.5. The zero-order chi connectivity index (χ0) is 14.5. The molecule has 0 bridgehead atoms. The number of carbonyl (C=O) groups excluding carboxylic acids is 1. The Balaban J connectivity index is 2.20. The number of nitrogens with one attached hydrogen (secondary N) is 2. The van der Waals surface area contributed by atoms with Gasteiger partial charge in [-0.05, 0) is 18.2 Å². The van der Waals surface area contributed by atoms with Crippen LogP contribution in [-0.4, -0.2) is 41.0 Å². The lowest BCUT2D eigenvalue weighted by atomic mass is 10.2. The number of hydrogen-bond donors (Lipinski definition) is 2. The van der Waals surface area contributed by atoms with Crippen LogP contribution >= 0.6 is 23.4 Å². The SMILES string of the molecule is CNC(=O)CSc1n[nH]c(-c2cc(Cl)ccc2OC)n1. The molecule has 2 aromatic rings. The minimum absolute atomic E-state index is 0.0818. The van der Waals surface area contributed by atoms with Crippen molar-refractivity contribution in [3.63, 3.8) is 0 Å². The third-order valence-electron chi connectivity index (χ3n) is 2.49. The summed E-state index contributed by atoms with van der Waals surface area (Å²) in [4.78, 5) is 15.5. The second-order valence-corrected chi connectivity index (χ2v) is 5.15. The first-order valence-electron chi connectivity index (χ1n) is 5.73. The number of benzene rings is 1. The summed E-state index contributed by atoms with van der Waals surface area (Å²) in [6.45, 7) is 0. The number of methoxy groups -OCH3 is 1. The molecular formula is C12H13ClN4O2S. The summed E-state index contributed by atoms with van der Waals surface area (Å²) < 4.78 is 5.26. The molecule has 0 radical (unpaired) electrons. The van der Waals surface area contributed by atoms with E-state index in [2.05, 4.69) is 20.5 Å². The molecule has 20 heavy (non-hydrogen) atoms. The Labute approximate surface area is 125 Å². The average molecular weight is 313 g/mol. The molecule has 0 saturated carbocycles. The van der Waals surface area contributed by atoms with Gasteiger partial charge in [0.05, 0.1) is 18.4 Å². The summed E-state index contributed by atoms with van der Waals surface area (Å²) >= 11 is 7.22. The van der Waals surface area contributed by atoms with Crippen molar-refractivity contribution in [3.05, 3.63) is 23.2 Å². The van der Waals surface area contributed by atoms with Crippen molar-refractivity contribution in [2.75, 3.05) is 19.9 Å². The third-order valence-corrected chi connectivity index (χ3v) is 3.58. The number of halogens is 1. The van der Waals surface area contributed by atoms with Gasteiger partial charge < -0.3 is 10.1 Å². The van der Waals surface area contributed by atoms with E-state index in [0.29, 0.717) is 21.8 Å². The molecule has 0 aliphatic heterocycles. The van der Waals surface area contributed by atoms with E-state index >= 15 is 0 Å². The van der Waals surface area contributed by atoms with Gasteiger partial charge in [0.25, 0.3) is 0 Å². The van der Waals surface area contributed by atoms with Gasteiger partial charge in [-0.25, -0.2) is 4.98 Å². The number of ether oxygens (including phenoxy) is 1. The van der Waals surface area contributed by atoms with Gasteiger partial charge in [0.15, 0.2) is 5.82 Å². The van der Waals surface area contributed by atoms with Crippen LogP contribution in [0.25, 0.3) is 11.4 Å². The molecule has 0 spiro atoms. The van der Waals surface area contributed by atoms with Crippen molar-refractivity contribution < 1.29 is 9.53 Å². The van der Waals surface area contributed by atoms with Gasteiger partial charge in [0.1, 0.15) is 5.75 Å². The fourth-order valence-corrected chi connectivity index (χ4v) is 2.34. The number of thioether (sulfide) groups is 1. The molecule has 1 heterocycles. The molecule has 2 rings (SSSR count). The van der Waals surface area contributed by atoms with Crippen LogP contribution in [0.15, 0.2) is 23.4 Å². The second-order valence-electron chi connectivity index (χ2n) is 3.77. The van der Waals surface area contributed by atoms with E-state index in [-0.39, 0.29) is 11.7 Å². The van der Waals surface area contributed by atoms with Crippen LogP contribution in [0.2, 0.25) is 5.02 Å². The first-order valence-corrected chi connectivity index (χ1v) is 7.10. The molecule has 2 N–H and O–H groups in total. The van der Waals surface area contributed by atoms with Crippen LogP contribution < -0.4 is 10.1 Å². The molecule has 0 aliphatic carbocycles. The minimum atomic E-state index is -0.0818. The smallest absolute Gasteiger partial charge is 0.230 e. The Morgan fingerprint density at radius 2 is 2.35 bits per heavy atom. The number of nitrogens with zero attached hydrogens (tertiary/aromatic N) is 2. The maximum atomic E-state index is 11.2. The monoisotopic (exact) mass is 312 g/mol. The van der Waals surface area contributed by atoms with E-state index in [1.807, 2.05) is 0 Å². The molecule has 0 saturated heterocycles. The normalized spacial score (nSPS) is 10.3. The van der Waals surface area contributed by atoms with Crippen molar-refractivity contribution in [2.45, 2.75) is 5.16 Å². The molecular weight excluding hydrogens is 300 g/mol. The van der Waals surface area contributed by atoms with E-state index in [0.717, 1.165) is 5.56 Å². The maximum absolute atomic E-state index is 11.2. The van der Waals surface area contributed by atoms with Gasteiger partial charge in [-0.1, -0.05) is 23.4 Å². The van der Waals surface area contributed by atoms with Gasteiger partial charge in [-0.15, -0.1) is 5.10 Å². The highest BCUT2D eigenvalue weighted by Gasteiger charge is 2.12. The Hall–Kier alpha value is -1.73. The zero-order valence-electron chi connectivity index (χ0n) is 10.9. The van der Waals surface area contributed by atoms with Gasteiger partial charge in [0.2, 0.25) is 11.1 Å². The summed E-state index contributed by atoms with van der Waals surface area (Å²) in [5, 5.41) is 10.5. The lowest BCUT2D eigenvalue weighted by molar-refractivity contribution is -0.118. The molecule has 8 heteroatoms. The number of aromatic nitrogens is 3.